The number of ether oxygens (including phenoxy) is 5. The van der Waals surface area contributed by atoms with E-state index in [1.165, 1.54) is 14.2 Å². The number of hydrogen-bond acceptors (Lipinski definition) is 7. The van der Waals surface area contributed by atoms with Crippen LogP contribution in [0.1, 0.15) is 39.3 Å². The molecule has 2 aliphatic heterocycles. The highest BCUT2D eigenvalue weighted by atomic mass is 16.7. The second-order valence-corrected chi connectivity index (χ2v) is 6.41. The van der Waals surface area contributed by atoms with Gasteiger partial charge in [0.2, 0.25) is 6.79 Å². The summed E-state index contributed by atoms with van der Waals surface area (Å²) >= 11 is 0. The molecule has 7 heteroatoms. The third-order valence-corrected chi connectivity index (χ3v) is 5.08. The van der Waals surface area contributed by atoms with Crippen LogP contribution in [-0.2, 0) is 4.74 Å². The minimum absolute atomic E-state index is 0.124. The molecule has 2 aromatic carbocycles. The van der Waals surface area contributed by atoms with E-state index in [1.54, 1.807) is 30.3 Å². The van der Waals surface area contributed by atoms with Crippen LogP contribution in [0.3, 0.4) is 0 Å². The van der Waals surface area contributed by atoms with Crippen LogP contribution in [0.2, 0.25) is 0 Å². The zero-order valence-electron chi connectivity index (χ0n) is 14.6. The normalized spacial score (nSPS) is 21.4. The summed E-state index contributed by atoms with van der Waals surface area (Å²) in [5.74, 6) is 1.37. The molecule has 0 radical (unpaired) electrons. The summed E-state index contributed by atoms with van der Waals surface area (Å²) in [6.07, 6.45) is 0.182. The van der Waals surface area contributed by atoms with Crippen LogP contribution < -0.4 is 18.9 Å². The summed E-state index contributed by atoms with van der Waals surface area (Å²) in [5, 5.41) is 10.7. The van der Waals surface area contributed by atoms with E-state index in [1.807, 2.05) is 0 Å². The Bertz CT molecular complexity index is 1010. The lowest BCUT2D eigenvalue weighted by Gasteiger charge is -2.34. The smallest absolute Gasteiger partial charge is 0.343 e. The number of aliphatic hydroxyl groups excluding tert-OH is 1. The summed E-state index contributed by atoms with van der Waals surface area (Å²) in [4.78, 5) is 12.8. The van der Waals surface area contributed by atoms with Gasteiger partial charge in [-0.1, -0.05) is 0 Å². The third kappa shape index (κ3) is 2.15. The van der Waals surface area contributed by atoms with Gasteiger partial charge in [-0.25, -0.2) is 4.79 Å². The predicted octanol–water partition coefficient (Wildman–Crippen LogP) is 2.77. The van der Waals surface area contributed by atoms with Crippen molar-refractivity contribution in [3.8, 4) is 23.0 Å². The van der Waals surface area contributed by atoms with Crippen LogP contribution in [0, 0.1) is 0 Å². The van der Waals surface area contributed by atoms with Crippen molar-refractivity contribution < 1.29 is 33.6 Å². The minimum atomic E-state index is -0.863. The number of rotatable bonds is 2. The van der Waals surface area contributed by atoms with E-state index in [0.717, 1.165) is 0 Å². The SMILES string of the molecule is COc1ccc2c(c1OC)C(=O)OC1C2=CC(O)c2cc3c(cc21)OCO3. The molecule has 1 N–H and O–H groups in total. The third-order valence-electron chi connectivity index (χ3n) is 5.08. The highest BCUT2D eigenvalue weighted by Gasteiger charge is 2.40. The first-order valence-corrected chi connectivity index (χ1v) is 8.42. The molecule has 0 aromatic heterocycles. The van der Waals surface area contributed by atoms with E-state index < -0.39 is 18.2 Å². The van der Waals surface area contributed by atoms with Gasteiger partial charge in [-0.3, -0.25) is 0 Å². The second kappa shape index (κ2) is 5.65. The average Bonchev–Trinajstić information content (AvgIpc) is 3.14. The van der Waals surface area contributed by atoms with Crippen molar-refractivity contribution in [2.24, 2.45) is 0 Å². The average molecular weight is 368 g/mol. The molecule has 1 aliphatic carbocycles. The molecule has 138 valence electrons. The van der Waals surface area contributed by atoms with Gasteiger partial charge in [-0.05, 0) is 35.9 Å². The van der Waals surface area contributed by atoms with E-state index in [9.17, 15) is 9.90 Å². The number of benzene rings is 2. The van der Waals surface area contributed by atoms with Gasteiger partial charge in [0, 0.05) is 16.7 Å². The van der Waals surface area contributed by atoms with E-state index in [4.69, 9.17) is 23.7 Å². The molecule has 0 amide bonds. The van der Waals surface area contributed by atoms with E-state index >= 15 is 0 Å². The van der Waals surface area contributed by atoms with Crippen LogP contribution in [0.15, 0.2) is 30.3 Å². The lowest BCUT2D eigenvalue weighted by molar-refractivity contribution is 0.0368. The largest absolute Gasteiger partial charge is 0.493 e. The maximum absolute atomic E-state index is 12.8. The van der Waals surface area contributed by atoms with Crippen LogP contribution >= 0.6 is 0 Å². The number of methoxy groups -OCH3 is 2. The van der Waals surface area contributed by atoms with Gasteiger partial charge in [0.25, 0.3) is 0 Å². The Balaban J connectivity index is 1.71. The van der Waals surface area contributed by atoms with Gasteiger partial charge in [-0.15, -0.1) is 0 Å². The van der Waals surface area contributed by atoms with Crippen LogP contribution in [0.5, 0.6) is 23.0 Å². The summed E-state index contributed by atoms with van der Waals surface area (Å²) in [6.45, 7) is 0.124. The van der Waals surface area contributed by atoms with Gasteiger partial charge in [-0.2, -0.15) is 0 Å². The molecule has 2 unspecified atom stereocenters. The minimum Gasteiger partial charge on any atom is -0.493 e. The van der Waals surface area contributed by atoms with Crippen molar-refractivity contribution in [1.82, 2.24) is 0 Å². The fourth-order valence-electron chi connectivity index (χ4n) is 3.87. The quantitative estimate of drug-likeness (QED) is 0.816. The standard InChI is InChI=1S/C20H16O7/c1-23-14-4-3-9-11-5-13(21)10-6-15-16(26-8-25-15)7-12(10)18(11)27-20(22)17(9)19(14)24-2/h3-7,13,18,21H,8H2,1-2H3. The van der Waals surface area contributed by atoms with Crippen LogP contribution in [0.4, 0.5) is 0 Å². The van der Waals surface area contributed by atoms with Crippen LogP contribution in [0.25, 0.3) is 5.57 Å². The molecular formula is C20H16O7. The Morgan fingerprint density at radius 3 is 2.52 bits per heavy atom. The fraction of sp³-hybridized carbons (Fsp3) is 0.250. The molecule has 2 aromatic rings. The predicted molar refractivity (Wildman–Crippen MR) is 93.2 cm³/mol. The number of hydrogen-bond donors (Lipinski definition) is 1. The number of aliphatic hydroxyl groups is 1. The molecule has 0 saturated heterocycles. The molecule has 7 nitrogen and oxygen atoms in total. The monoisotopic (exact) mass is 368 g/mol. The Morgan fingerprint density at radius 2 is 1.81 bits per heavy atom. The van der Waals surface area contributed by atoms with E-state index in [0.29, 0.717) is 45.3 Å². The zero-order valence-corrected chi connectivity index (χ0v) is 14.6. The first kappa shape index (κ1) is 16.0. The lowest BCUT2D eigenvalue weighted by atomic mass is 9.80. The number of carbonyl (C=O) groups is 1. The maximum Gasteiger partial charge on any atom is 0.343 e. The van der Waals surface area contributed by atoms with Crippen LogP contribution in [-0.4, -0.2) is 32.1 Å². The summed E-state index contributed by atoms with van der Waals surface area (Å²) in [7, 11) is 2.97. The van der Waals surface area contributed by atoms with Crippen molar-refractivity contribution in [2.45, 2.75) is 12.2 Å². The first-order chi connectivity index (χ1) is 13.1. The molecule has 0 spiro atoms. The topological polar surface area (TPSA) is 83.5 Å². The molecule has 2 atom stereocenters. The molecule has 5 rings (SSSR count). The molecule has 0 bridgehead atoms. The molecule has 27 heavy (non-hydrogen) atoms. The van der Waals surface area contributed by atoms with Gasteiger partial charge in [0.15, 0.2) is 29.1 Å². The summed E-state index contributed by atoms with van der Waals surface area (Å²) < 4.78 is 27.2. The number of fused-ring (bicyclic) bond motifs is 6. The number of esters is 1. The summed E-state index contributed by atoms with van der Waals surface area (Å²) in [6, 6.07) is 7.00. The fourth-order valence-corrected chi connectivity index (χ4v) is 3.87. The lowest BCUT2D eigenvalue weighted by Crippen LogP contribution is -2.26. The Kier molecular flexibility index (Phi) is 3.35. The van der Waals surface area contributed by atoms with Gasteiger partial charge in [0.05, 0.1) is 20.3 Å². The van der Waals surface area contributed by atoms with E-state index in [2.05, 4.69) is 0 Å². The van der Waals surface area contributed by atoms with Gasteiger partial charge >= 0.3 is 5.97 Å². The van der Waals surface area contributed by atoms with Crippen molar-refractivity contribution in [1.29, 1.82) is 0 Å². The van der Waals surface area contributed by atoms with Crippen molar-refractivity contribution >= 4 is 11.5 Å². The Morgan fingerprint density at radius 1 is 1.07 bits per heavy atom. The highest BCUT2D eigenvalue weighted by Crippen LogP contribution is 2.52. The maximum atomic E-state index is 12.8. The van der Waals surface area contributed by atoms with Gasteiger partial charge < -0.3 is 28.8 Å². The Labute approximate surface area is 154 Å². The second-order valence-electron chi connectivity index (χ2n) is 6.41. The summed E-state index contributed by atoms with van der Waals surface area (Å²) in [5.41, 5.74) is 2.94. The Hall–Kier alpha value is -3.19. The molecule has 0 saturated carbocycles. The van der Waals surface area contributed by atoms with Crippen molar-refractivity contribution in [3.63, 3.8) is 0 Å². The number of carbonyl (C=O) groups excluding carboxylic acids is 1. The molecular weight excluding hydrogens is 352 g/mol. The molecule has 3 aliphatic rings. The zero-order chi connectivity index (χ0) is 18.7. The van der Waals surface area contributed by atoms with Gasteiger partial charge in [0.1, 0.15) is 5.56 Å². The van der Waals surface area contributed by atoms with E-state index in [-0.39, 0.29) is 12.4 Å². The first-order valence-electron chi connectivity index (χ1n) is 8.42. The van der Waals surface area contributed by atoms with Crippen molar-refractivity contribution in [3.05, 3.63) is 52.6 Å². The highest BCUT2D eigenvalue weighted by molar-refractivity contribution is 6.03. The molecule has 0 fully saturated rings. The molecule has 2 heterocycles. The van der Waals surface area contributed by atoms with Crippen molar-refractivity contribution in [2.75, 3.05) is 21.0 Å².